The van der Waals surface area contributed by atoms with E-state index in [1.807, 2.05) is 14.0 Å². The van der Waals surface area contributed by atoms with Crippen molar-refractivity contribution in [3.8, 4) is 0 Å². The van der Waals surface area contributed by atoms with Gasteiger partial charge in [0.1, 0.15) is 0 Å². The van der Waals surface area contributed by atoms with Gasteiger partial charge in [-0.05, 0) is 38.8 Å². The van der Waals surface area contributed by atoms with Crippen molar-refractivity contribution in [2.45, 2.75) is 59.5 Å². The highest BCUT2D eigenvalue weighted by molar-refractivity contribution is 7.11. The summed E-state index contributed by atoms with van der Waals surface area (Å²) in [6.45, 7) is 12.8. The molecule has 6 nitrogen and oxygen atoms in total. The highest BCUT2D eigenvalue weighted by atomic mass is 32.1. The van der Waals surface area contributed by atoms with Crippen LogP contribution in [0.1, 0.15) is 40.6 Å². The first-order valence-electron chi connectivity index (χ1n) is 10.3. The van der Waals surface area contributed by atoms with E-state index in [1.165, 1.54) is 16.0 Å². The Kier molecular flexibility index (Phi) is 7.64. The van der Waals surface area contributed by atoms with Gasteiger partial charge in [-0.3, -0.25) is 9.89 Å². The topological polar surface area (TPSA) is 61.8 Å². The Hall–Kier alpha value is -1.96. The van der Waals surface area contributed by atoms with Gasteiger partial charge >= 0.3 is 0 Å². The van der Waals surface area contributed by atoms with Crippen molar-refractivity contribution < 1.29 is 4.74 Å². The molecule has 1 fully saturated rings. The lowest BCUT2D eigenvalue weighted by molar-refractivity contribution is -0.0705. The summed E-state index contributed by atoms with van der Waals surface area (Å²) in [6.07, 6.45) is 0.566. The molecular formula is C22H33N5OS. The second-order valence-corrected chi connectivity index (χ2v) is 9.03. The predicted molar refractivity (Wildman–Crippen MR) is 120 cm³/mol. The molecule has 2 unspecified atom stereocenters. The third-order valence-corrected chi connectivity index (χ3v) is 6.17. The Morgan fingerprint density at radius 1 is 1.14 bits per heavy atom. The van der Waals surface area contributed by atoms with Crippen LogP contribution in [-0.2, 0) is 24.4 Å². The zero-order chi connectivity index (χ0) is 20.8. The van der Waals surface area contributed by atoms with E-state index in [4.69, 9.17) is 4.74 Å². The molecule has 1 aromatic heterocycles. The van der Waals surface area contributed by atoms with Crippen molar-refractivity contribution in [2.75, 3.05) is 20.1 Å². The van der Waals surface area contributed by atoms with Gasteiger partial charge < -0.3 is 15.4 Å². The fourth-order valence-corrected chi connectivity index (χ4v) is 4.72. The molecule has 2 atom stereocenters. The minimum atomic E-state index is 0.283. The van der Waals surface area contributed by atoms with E-state index in [0.717, 1.165) is 49.4 Å². The summed E-state index contributed by atoms with van der Waals surface area (Å²) in [5.74, 6) is 0.805. The molecule has 2 aromatic rings. The number of aliphatic imine (C=N–C) groups is 1. The number of guanidine groups is 1. The average molecular weight is 416 g/mol. The van der Waals surface area contributed by atoms with Gasteiger partial charge in [-0.25, -0.2) is 4.98 Å². The smallest absolute Gasteiger partial charge is 0.191 e. The van der Waals surface area contributed by atoms with Crippen LogP contribution in [0.15, 0.2) is 29.3 Å². The third kappa shape index (κ3) is 6.26. The molecule has 1 aromatic carbocycles. The first-order valence-corrected chi connectivity index (χ1v) is 11.1. The van der Waals surface area contributed by atoms with Gasteiger partial charge in [0.15, 0.2) is 5.96 Å². The molecule has 7 heteroatoms. The summed E-state index contributed by atoms with van der Waals surface area (Å²) < 4.78 is 5.87. The van der Waals surface area contributed by atoms with Crippen LogP contribution in [0, 0.1) is 13.8 Å². The summed E-state index contributed by atoms with van der Waals surface area (Å²) >= 11 is 1.73. The highest BCUT2D eigenvalue weighted by Gasteiger charge is 2.22. The van der Waals surface area contributed by atoms with E-state index < -0.39 is 0 Å². The van der Waals surface area contributed by atoms with E-state index in [-0.39, 0.29) is 12.2 Å². The Balaban J connectivity index is 1.57. The van der Waals surface area contributed by atoms with Gasteiger partial charge in [-0.1, -0.05) is 24.3 Å². The Morgan fingerprint density at radius 2 is 1.79 bits per heavy atom. The molecule has 2 N–H and O–H groups in total. The Bertz CT molecular complexity index is 824. The van der Waals surface area contributed by atoms with Crippen molar-refractivity contribution in [3.05, 3.63) is 51.0 Å². The van der Waals surface area contributed by atoms with Gasteiger partial charge in [0.2, 0.25) is 0 Å². The van der Waals surface area contributed by atoms with Crippen molar-refractivity contribution in [1.29, 1.82) is 0 Å². The number of aryl methyl sites for hydroxylation is 2. The van der Waals surface area contributed by atoms with Crippen LogP contribution >= 0.6 is 11.3 Å². The van der Waals surface area contributed by atoms with E-state index in [1.54, 1.807) is 11.3 Å². The lowest BCUT2D eigenvalue weighted by atomic mass is 10.1. The molecule has 0 saturated carbocycles. The van der Waals surface area contributed by atoms with Gasteiger partial charge in [0.05, 0.1) is 29.5 Å². The van der Waals surface area contributed by atoms with E-state index >= 15 is 0 Å². The van der Waals surface area contributed by atoms with Crippen molar-refractivity contribution in [2.24, 2.45) is 4.99 Å². The molecule has 1 saturated heterocycles. The average Bonchev–Trinajstić information content (AvgIpc) is 2.99. The molecule has 29 heavy (non-hydrogen) atoms. The number of hydrogen-bond acceptors (Lipinski definition) is 5. The number of morpholine rings is 1. The number of thiazole rings is 1. The fourth-order valence-electron chi connectivity index (χ4n) is 3.84. The molecule has 0 spiro atoms. The molecule has 0 aliphatic carbocycles. The van der Waals surface area contributed by atoms with Crippen molar-refractivity contribution >= 4 is 17.3 Å². The fraction of sp³-hybridized carbons (Fsp3) is 0.545. The number of benzene rings is 1. The van der Waals surface area contributed by atoms with E-state index in [9.17, 15) is 0 Å². The van der Waals surface area contributed by atoms with Gasteiger partial charge in [0, 0.05) is 38.1 Å². The van der Waals surface area contributed by atoms with Gasteiger partial charge in [0.25, 0.3) is 0 Å². The standard InChI is InChI=1S/C22H33N5OS/c1-15-12-27(13-16(2)28-15)14-20-9-7-6-8-19(20)10-24-22(23-5)25-11-21-17(3)26-18(4)29-21/h6-9,15-16H,10-14H2,1-5H3,(H2,23,24,25). The maximum atomic E-state index is 5.87. The number of nitrogens with zero attached hydrogens (tertiary/aromatic N) is 3. The number of rotatable bonds is 6. The third-order valence-electron chi connectivity index (χ3n) is 5.09. The predicted octanol–water partition coefficient (Wildman–Crippen LogP) is 3.23. The lowest BCUT2D eigenvalue weighted by Gasteiger charge is -2.35. The Morgan fingerprint density at radius 3 is 2.41 bits per heavy atom. The zero-order valence-electron chi connectivity index (χ0n) is 18.2. The first kappa shape index (κ1) is 21.7. The van der Waals surface area contributed by atoms with E-state index in [0.29, 0.717) is 0 Å². The van der Waals surface area contributed by atoms with Crippen LogP contribution < -0.4 is 10.6 Å². The van der Waals surface area contributed by atoms with Crippen molar-refractivity contribution in [3.63, 3.8) is 0 Å². The largest absolute Gasteiger partial charge is 0.373 e. The molecule has 1 aliphatic rings. The number of aromatic nitrogens is 1. The first-order chi connectivity index (χ1) is 13.9. The maximum Gasteiger partial charge on any atom is 0.191 e. The second-order valence-electron chi connectivity index (χ2n) is 7.74. The van der Waals surface area contributed by atoms with Crippen LogP contribution in [0.25, 0.3) is 0 Å². The molecule has 2 heterocycles. The number of ether oxygens (including phenoxy) is 1. The lowest BCUT2D eigenvalue weighted by Crippen LogP contribution is -2.45. The molecular weight excluding hydrogens is 382 g/mol. The monoisotopic (exact) mass is 415 g/mol. The normalized spacial score (nSPS) is 20.7. The minimum absolute atomic E-state index is 0.283. The molecule has 0 bridgehead atoms. The van der Waals surface area contributed by atoms with Crippen LogP contribution in [0.2, 0.25) is 0 Å². The van der Waals surface area contributed by atoms with Crippen LogP contribution in [0.3, 0.4) is 0 Å². The number of hydrogen-bond donors (Lipinski definition) is 2. The second kappa shape index (κ2) is 10.2. The summed E-state index contributed by atoms with van der Waals surface area (Å²) in [4.78, 5) is 12.6. The summed E-state index contributed by atoms with van der Waals surface area (Å²) in [6, 6.07) is 8.64. The van der Waals surface area contributed by atoms with Gasteiger partial charge in [-0.15, -0.1) is 11.3 Å². The minimum Gasteiger partial charge on any atom is -0.373 e. The summed E-state index contributed by atoms with van der Waals surface area (Å²) in [7, 11) is 1.81. The van der Waals surface area contributed by atoms with Crippen LogP contribution in [-0.4, -0.2) is 48.2 Å². The summed E-state index contributed by atoms with van der Waals surface area (Å²) in [5.41, 5.74) is 3.74. The molecule has 0 amide bonds. The molecule has 158 valence electrons. The van der Waals surface area contributed by atoms with Crippen molar-refractivity contribution in [1.82, 2.24) is 20.5 Å². The van der Waals surface area contributed by atoms with E-state index in [2.05, 4.69) is 70.5 Å². The molecule has 1 aliphatic heterocycles. The highest BCUT2D eigenvalue weighted by Crippen LogP contribution is 2.18. The van der Waals surface area contributed by atoms with Crippen LogP contribution in [0.4, 0.5) is 0 Å². The number of nitrogens with one attached hydrogen (secondary N) is 2. The molecule has 3 rings (SSSR count). The van der Waals surface area contributed by atoms with Crippen LogP contribution in [0.5, 0.6) is 0 Å². The quantitative estimate of drug-likeness (QED) is 0.560. The SMILES string of the molecule is CN=C(NCc1ccccc1CN1CC(C)OC(C)C1)NCc1sc(C)nc1C. The summed E-state index contributed by atoms with van der Waals surface area (Å²) in [5, 5.41) is 7.96. The zero-order valence-corrected chi connectivity index (χ0v) is 19.0. The molecule has 0 radical (unpaired) electrons. The Labute approximate surface area is 178 Å². The maximum absolute atomic E-state index is 5.87. The van der Waals surface area contributed by atoms with Gasteiger partial charge in [-0.2, -0.15) is 0 Å².